The highest BCUT2D eigenvalue weighted by atomic mass is 19.1. The number of halogens is 1. The van der Waals surface area contributed by atoms with Crippen molar-refractivity contribution in [3.8, 4) is 0 Å². The Morgan fingerprint density at radius 1 is 1.50 bits per heavy atom. The van der Waals surface area contributed by atoms with Crippen LogP contribution in [0.1, 0.15) is 6.92 Å². The summed E-state index contributed by atoms with van der Waals surface area (Å²) in [5.74, 6) is -0.242. The van der Waals surface area contributed by atoms with Gasteiger partial charge in [-0.05, 0) is 29.8 Å². The molecule has 1 heterocycles. The van der Waals surface area contributed by atoms with Gasteiger partial charge in [-0.3, -0.25) is 0 Å². The standard InChI is InChI=1S/C11H11FN4/c1-8(14-15-13)7-16-5-4-9-6-10(12)2-3-11(9)16/h2-6,8H,7H2,1H3/t8-/m1/s1. The van der Waals surface area contributed by atoms with Gasteiger partial charge in [0.2, 0.25) is 0 Å². The Hall–Kier alpha value is -2.00. The molecule has 1 atom stereocenters. The topological polar surface area (TPSA) is 53.7 Å². The van der Waals surface area contributed by atoms with Gasteiger partial charge in [0, 0.05) is 28.6 Å². The lowest BCUT2D eigenvalue weighted by molar-refractivity contribution is 0.601. The maximum Gasteiger partial charge on any atom is 0.123 e. The molecular weight excluding hydrogens is 207 g/mol. The lowest BCUT2D eigenvalue weighted by Crippen LogP contribution is -2.08. The number of aromatic nitrogens is 1. The van der Waals surface area contributed by atoms with Gasteiger partial charge in [-0.1, -0.05) is 12.0 Å². The van der Waals surface area contributed by atoms with Gasteiger partial charge in [0.25, 0.3) is 0 Å². The third-order valence-electron chi connectivity index (χ3n) is 2.44. The molecule has 2 rings (SSSR count). The van der Waals surface area contributed by atoms with Gasteiger partial charge in [-0.2, -0.15) is 0 Å². The van der Waals surface area contributed by atoms with E-state index in [4.69, 9.17) is 5.53 Å². The van der Waals surface area contributed by atoms with Crippen molar-refractivity contribution in [2.24, 2.45) is 5.11 Å². The lowest BCUT2D eigenvalue weighted by Gasteiger charge is -2.07. The van der Waals surface area contributed by atoms with Crippen molar-refractivity contribution < 1.29 is 4.39 Å². The fourth-order valence-corrected chi connectivity index (χ4v) is 1.74. The number of azide groups is 1. The van der Waals surface area contributed by atoms with Gasteiger partial charge in [-0.25, -0.2) is 4.39 Å². The van der Waals surface area contributed by atoms with Crippen molar-refractivity contribution in [3.05, 3.63) is 46.7 Å². The zero-order chi connectivity index (χ0) is 11.5. The zero-order valence-electron chi connectivity index (χ0n) is 8.84. The highest BCUT2D eigenvalue weighted by molar-refractivity contribution is 5.80. The summed E-state index contributed by atoms with van der Waals surface area (Å²) < 4.78 is 14.9. The second-order valence-electron chi connectivity index (χ2n) is 3.73. The average Bonchev–Trinajstić information content (AvgIpc) is 2.61. The van der Waals surface area contributed by atoms with Crippen LogP contribution in [0.5, 0.6) is 0 Å². The van der Waals surface area contributed by atoms with Crippen LogP contribution in [0.2, 0.25) is 0 Å². The molecule has 0 aliphatic rings. The first kappa shape index (κ1) is 10.5. The lowest BCUT2D eigenvalue weighted by atomic mass is 10.2. The van der Waals surface area contributed by atoms with E-state index < -0.39 is 0 Å². The molecule has 5 heteroatoms. The summed E-state index contributed by atoms with van der Waals surface area (Å²) in [6.45, 7) is 2.44. The van der Waals surface area contributed by atoms with E-state index in [-0.39, 0.29) is 11.9 Å². The number of nitrogens with zero attached hydrogens (tertiary/aromatic N) is 4. The average molecular weight is 218 g/mol. The molecule has 0 spiro atoms. The summed E-state index contributed by atoms with van der Waals surface area (Å²) in [6.07, 6.45) is 1.87. The van der Waals surface area contributed by atoms with Crippen LogP contribution in [0.15, 0.2) is 35.6 Å². The molecule has 2 aromatic rings. The van der Waals surface area contributed by atoms with E-state index in [9.17, 15) is 4.39 Å². The molecule has 0 amide bonds. The smallest absolute Gasteiger partial charge is 0.123 e. The first-order valence-corrected chi connectivity index (χ1v) is 4.99. The zero-order valence-corrected chi connectivity index (χ0v) is 8.84. The number of fused-ring (bicyclic) bond motifs is 1. The molecule has 0 aliphatic carbocycles. The fourth-order valence-electron chi connectivity index (χ4n) is 1.74. The SMILES string of the molecule is C[C@H](Cn1ccc2cc(F)ccc21)N=[N+]=[N-]. The minimum atomic E-state index is -0.242. The van der Waals surface area contributed by atoms with Gasteiger partial charge >= 0.3 is 0 Å². The minimum Gasteiger partial charge on any atom is -0.347 e. The first-order valence-electron chi connectivity index (χ1n) is 4.99. The quantitative estimate of drug-likeness (QED) is 0.430. The first-order chi connectivity index (χ1) is 7.70. The maximum absolute atomic E-state index is 13.0. The highest BCUT2D eigenvalue weighted by Gasteiger charge is 2.05. The summed E-state index contributed by atoms with van der Waals surface area (Å²) >= 11 is 0. The molecule has 0 saturated heterocycles. The molecule has 1 aromatic heterocycles. The van der Waals surface area contributed by atoms with Crippen LogP contribution in [0, 0.1) is 5.82 Å². The van der Waals surface area contributed by atoms with E-state index in [1.165, 1.54) is 12.1 Å². The van der Waals surface area contributed by atoms with Gasteiger partial charge in [0.15, 0.2) is 0 Å². The van der Waals surface area contributed by atoms with Crippen LogP contribution in [0.3, 0.4) is 0 Å². The van der Waals surface area contributed by atoms with Gasteiger partial charge in [0.1, 0.15) is 5.82 Å². The fraction of sp³-hybridized carbons (Fsp3) is 0.273. The number of hydrogen-bond acceptors (Lipinski definition) is 1. The summed E-state index contributed by atoms with van der Waals surface area (Å²) in [5, 5.41) is 4.46. The molecule has 1 aromatic carbocycles. The second kappa shape index (κ2) is 4.24. The molecule has 16 heavy (non-hydrogen) atoms. The van der Waals surface area contributed by atoms with Gasteiger partial charge < -0.3 is 4.57 Å². The molecule has 0 fully saturated rings. The Balaban J connectivity index is 2.35. The monoisotopic (exact) mass is 218 g/mol. The largest absolute Gasteiger partial charge is 0.347 e. The number of rotatable bonds is 3. The van der Waals surface area contributed by atoms with Crippen LogP contribution in [-0.4, -0.2) is 10.6 Å². The molecule has 0 unspecified atom stereocenters. The summed E-state index contributed by atoms with van der Waals surface area (Å²) in [4.78, 5) is 2.76. The van der Waals surface area contributed by atoms with E-state index in [0.717, 1.165) is 10.9 Å². The van der Waals surface area contributed by atoms with Crippen LogP contribution in [-0.2, 0) is 6.54 Å². The van der Waals surface area contributed by atoms with Crippen LogP contribution in [0.25, 0.3) is 21.3 Å². The molecule has 0 aliphatic heterocycles. The van der Waals surface area contributed by atoms with Crippen molar-refractivity contribution in [2.75, 3.05) is 0 Å². The van der Waals surface area contributed by atoms with Crippen molar-refractivity contribution in [1.29, 1.82) is 0 Å². The molecule has 0 N–H and O–H groups in total. The summed E-state index contributed by atoms with van der Waals surface area (Å²) in [7, 11) is 0. The minimum absolute atomic E-state index is 0.120. The van der Waals surface area contributed by atoms with Gasteiger partial charge in [0.05, 0.1) is 6.04 Å². The Labute approximate surface area is 91.9 Å². The normalized spacial score (nSPS) is 12.4. The maximum atomic E-state index is 13.0. The van der Waals surface area contributed by atoms with Crippen molar-refractivity contribution in [2.45, 2.75) is 19.5 Å². The van der Waals surface area contributed by atoms with E-state index in [2.05, 4.69) is 10.0 Å². The van der Waals surface area contributed by atoms with Crippen LogP contribution >= 0.6 is 0 Å². The third kappa shape index (κ3) is 1.99. The Bertz CT molecular complexity index is 554. The summed E-state index contributed by atoms with van der Waals surface area (Å²) in [6, 6.07) is 6.38. The highest BCUT2D eigenvalue weighted by Crippen LogP contribution is 2.17. The van der Waals surface area contributed by atoms with Gasteiger partial charge in [-0.15, -0.1) is 0 Å². The number of hydrogen-bond donors (Lipinski definition) is 0. The Morgan fingerprint density at radius 2 is 2.31 bits per heavy atom. The molecule has 0 radical (unpaired) electrons. The molecule has 4 nitrogen and oxygen atoms in total. The Kier molecular flexibility index (Phi) is 2.79. The molecule has 82 valence electrons. The second-order valence-corrected chi connectivity index (χ2v) is 3.73. The Morgan fingerprint density at radius 3 is 3.06 bits per heavy atom. The molecule has 0 bridgehead atoms. The molecular formula is C11H11FN4. The van der Waals surface area contributed by atoms with Crippen molar-refractivity contribution in [3.63, 3.8) is 0 Å². The van der Waals surface area contributed by atoms with E-state index in [1.807, 2.05) is 23.8 Å². The number of benzene rings is 1. The van der Waals surface area contributed by atoms with Crippen molar-refractivity contribution in [1.82, 2.24) is 4.57 Å². The van der Waals surface area contributed by atoms with E-state index >= 15 is 0 Å². The van der Waals surface area contributed by atoms with Crippen LogP contribution < -0.4 is 0 Å². The third-order valence-corrected chi connectivity index (χ3v) is 2.44. The predicted octanol–water partition coefficient (Wildman–Crippen LogP) is 3.48. The van der Waals surface area contributed by atoms with E-state index in [0.29, 0.717) is 6.54 Å². The van der Waals surface area contributed by atoms with Crippen LogP contribution in [0.4, 0.5) is 4.39 Å². The van der Waals surface area contributed by atoms with E-state index in [1.54, 1.807) is 6.07 Å². The predicted molar refractivity (Wildman–Crippen MR) is 60.5 cm³/mol. The van der Waals surface area contributed by atoms with Crippen molar-refractivity contribution >= 4 is 10.9 Å². The summed E-state index contributed by atoms with van der Waals surface area (Å²) in [5.41, 5.74) is 9.26. The molecule has 0 saturated carbocycles.